The highest BCUT2D eigenvalue weighted by Crippen LogP contribution is 2.17. The van der Waals surface area contributed by atoms with Crippen molar-refractivity contribution in [3.63, 3.8) is 0 Å². The SMILES string of the molecule is O=C(Cc1ccccn1)N1CCCCCC1CO. The Kier molecular flexibility index (Phi) is 4.70. The summed E-state index contributed by atoms with van der Waals surface area (Å²) in [6.07, 6.45) is 6.21. The molecule has 1 saturated heterocycles. The summed E-state index contributed by atoms with van der Waals surface area (Å²) in [5, 5.41) is 9.39. The average molecular weight is 248 g/mol. The molecule has 0 aliphatic carbocycles. The smallest absolute Gasteiger partial charge is 0.228 e. The molecule has 1 fully saturated rings. The summed E-state index contributed by atoms with van der Waals surface area (Å²) >= 11 is 0. The molecule has 4 heteroatoms. The number of carbonyl (C=O) groups excluding carboxylic acids is 1. The van der Waals surface area contributed by atoms with Gasteiger partial charge in [0.05, 0.1) is 19.1 Å². The van der Waals surface area contributed by atoms with Gasteiger partial charge in [0, 0.05) is 18.4 Å². The Balaban J connectivity index is 2.01. The van der Waals surface area contributed by atoms with Crippen molar-refractivity contribution in [2.45, 2.75) is 38.1 Å². The normalized spacial score (nSPS) is 20.5. The molecule has 1 aromatic heterocycles. The van der Waals surface area contributed by atoms with E-state index in [-0.39, 0.29) is 18.6 Å². The topological polar surface area (TPSA) is 53.4 Å². The zero-order chi connectivity index (χ0) is 12.8. The summed E-state index contributed by atoms with van der Waals surface area (Å²) in [5.74, 6) is 0.0784. The minimum absolute atomic E-state index is 0.0105. The molecule has 0 radical (unpaired) electrons. The zero-order valence-electron chi connectivity index (χ0n) is 10.6. The first-order valence-electron chi connectivity index (χ1n) is 6.61. The quantitative estimate of drug-likeness (QED) is 0.879. The van der Waals surface area contributed by atoms with Crippen LogP contribution in [0.5, 0.6) is 0 Å². The van der Waals surface area contributed by atoms with Gasteiger partial charge in [-0.1, -0.05) is 18.9 Å². The second-order valence-corrected chi connectivity index (χ2v) is 4.77. The molecule has 0 bridgehead atoms. The largest absolute Gasteiger partial charge is 0.394 e. The van der Waals surface area contributed by atoms with Gasteiger partial charge in [-0.2, -0.15) is 0 Å². The molecule has 0 spiro atoms. The van der Waals surface area contributed by atoms with E-state index in [1.807, 2.05) is 23.1 Å². The number of amides is 1. The van der Waals surface area contributed by atoms with Gasteiger partial charge in [-0.3, -0.25) is 9.78 Å². The van der Waals surface area contributed by atoms with E-state index in [0.717, 1.165) is 37.9 Å². The fourth-order valence-electron chi connectivity index (χ4n) is 2.45. The van der Waals surface area contributed by atoms with E-state index in [2.05, 4.69) is 4.98 Å². The monoisotopic (exact) mass is 248 g/mol. The lowest BCUT2D eigenvalue weighted by Gasteiger charge is -2.28. The number of carbonyl (C=O) groups is 1. The second kappa shape index (κ2) is 6.50. The lowest BCUT2D eigenvalue weighted by molar-refractivity contribution is -0.133. The van der Waals surface area contributed by atoms with Crippen molar-refractivity contribution in [1.29, 1.82) is 0 Å². The molecule has 18 heavy (non-hydrogen) atoms. The molecule has 1 atom stereocenters. The highest BCUT2D eigenvalue weighted by atomic mass is 16.3. The Morgan fingerprint density at radius 1 is 1.39 bits per heavy atom. The van der Waals surface area contributed by atoms with Crippen LogP contribution in [-0.2, 0) is 11.2 Å². The molecular weight excluding hydrogens is 228 g/mol. The number of likely N-dealkylation sites (tertiary alicyclic amines) is 1. The number of hydrogen-bond acceptors (Lipinski definition) is 3. The van der Waals surface area contributed by atoms with Crippen molar-refractivity contribution in [2.24, 2.45) is 0 Å². The van der Waals surface area contributed by atoms with E-state index < -0.39 is 0 Å². The standard InChI is InChI=1S/C14H20N2O2/c17-11-13-7-2-1-5-9-16(13)14(18)10-12-6-3-4-8-15-12/h3-4,6,8,13,17H,1-2,5,7,9-11H2. The van der Waals surface area contributed by atoms with E-state index in [4.69, 9.17) is 0 Å². The van der Waals surface area contributed by atoms with E-state index in [1.54, 1.807) is 6.20 Å². The molecule has 1 N–H and O–H groups in total. The number of aliphatic hydroxyl groups excluding tert-OH is 1. The third-order valence-electron chi connectivity index (χ3n) is 3.47. The van der Waals surface area contributed by atoms with Gasteiger partial charge in [-0.15, -0.1) is 0 Å². The lowest BCUT2D eigenvalue weighted by atomic mass is 10.1. The summed E-state index contributed by atoms with van der Waals surface area (Å²) in [5.41, 5.74) is 0.795. The molecule has 0 aromatic carbocycles. The van der Waals surface area contributed by atoms with E-state index >= 15 is 0 Å². The van der Waals surface area contributed by atoms with E-state index in [0.29, 0.717) is 6.42 Å². The van der Waals surface area contributed by atoms with Gasteiger partial charge in [-0.05, 0) is 25.0 Å². The Labute approximate surface area is 108 Å². The Hall–Kier alpha value is -1.42. The Bertz CT molecular complexity index is 381. The minimum atomic E-state index is -0.0105. The van der Waals surface area contributed by atoms with E-state index in [1.165, 1.54) is 0 Å². The van der Waals surface area contributed by atoms with Crippen molar-refractivity contribution >= 4 is 5.91 Å². The lowest BCUT2D eigenvalue weighted by Crippen LogP contribution is -2.42. The summed E-state index contributed by atoms with van der Waals surface area (Å²) in [7, 11) is 0. The molecule has 4 nitrogen and oxygen atoms in total. The number of hydrogen-bond donors (Lipinski definition) is 1. The van der Waals surface area contributed by atoms with Crippen LogP contribution < -0.4 is 0 Å². The van der Waals surface area contributed by atoms with Gasteiger partial charge in [0.25, 0.3) is 0 Å². The molecule has 1 aromatic rings. The first-order chi connectivity index (χ1) is 8.81. The van der Waals surface area contributed by atoms with Crippen LogP contribution >= 0.6 is 0 Å². The number of aromatic nitrogens is 1. The maximum absolute atomic E-state index is 12.3. The molecule has 1 amide bonds. The first-order valence-corrected chi connectivity index (χ1v) is 6.61. The highest BCUT2D eigenvalue weighted by Gasteiger charge is 2.24. The molecule has 0 saturated carbocycles. The van der Waals surface area contributed by atoms with Crippen LogP contribution in [0.1, 0.15) is 31.4 Å². The minimum Gasteiger partial charge on any atom is -0.394 e. The maximum atomic E-state index is 12.3. The Morgan fingerprint density at radius 2 is 2.28 bits per heavy atom. The number of pyridine rings is 1. The third-order valence-corrected chi connectivity index (χ3v) is 3.47. The highest BCUT2D eigenvalue weighted by molar-refractivity contribution is 5.78. The molecule has 1 aliphatic heterocycles. The number of aliphatic hydroxyl groups is 1. The number of rotatable bonds is 3. The molecule has 1 unspecified atom stereocenters. The van der Waals surface area contributed by atoms with Gasteiger partial charge in [0.2, 0.25) is 5.91 Å². The first kappa shape index (κ1) is 13.0. The van der Waals surface area contributed by atoms with Crippen LogP contribution in [0.2, 0.25) is 0 Å². The van der Waals surface area contributed by atoms with Crippen molar-refractivity contribution in [3.8, 4) is 0 Å². The fourth-order valence-corrected chi connectivity index (χ4v) is 2.45. The van der Waals surface area contributed by atoms with Gasteiger partial charge in [0.1, 0.15) is 0 Å². The molecular formula is C14H20N2O2. The van der Waals surface area contributed by atoms with Crippen LogP contribution in [0.25, 0.3) is 0 Å². The molecule has 2 heterocycles. The van der Waals surface area contributed by atoms with Crippen LogP contribution in [-0.4, -0.2) is 40.1 Å². The molecule has 98 valence electrons. The second-order valence-electron chi connectivity index (χ2n) is 4.77. The van der Waals surface area contributed by atoms with Crippen LogP contribution in [0.3, 0.4) is 0 Å². The van der Waals surface area contributed by atoms with Crippen LogP contribution in [0.15, 0.2) is 24.4 Å². The van der Waals surface area contributed by atoms with Crippen molar-refractivity contribution < 1.29 is 9.90 Å². The number of nitrogens with zero attached hydrogens (tertiary/aromatic N) is 2. The van der Waals surface area contributed by atoms with Gasteiger partial charge >= 0.3 is 0 Å². The van der Waals surface area contributed by atoms with Crippen LogP contribution in [0.4, 0.5) is 0 Å². The summed E-state index contributed by atoms with van der Waals surface area (Å²) in [4.78, 5) is 18.3. The average Bonchev–Trinajstić information content (AvgIpc) is 2.64. The fraction of sp³-hybridized carbons (Fsp3) is 0.571. The Morgan fingerprint density at radius 3 is 3.00 bits per heavy atom. The summed E-state index contributed by atoms with van der Waals surface area (Å²) in [6, 6.07) is 5.59. The maximum Gasteiger partial charge on any atom is 0.228 e. The predicted octanol–water partition coefficient (Wildman–Crippen LogP) is 1.39. The van der Waals surface area contributed by atoms with Gasteiger partial charge in [-0.25, -0.2) is 0 Å². The van der Waals surface area contributed by atoms with Gasteiger partial charge < -0.3 is 10.0 Å². The van der Waals surface area contributed by atoms with Crippen molar-refractivity contribution in [1.82, 2.24) is 9.88 Å². The van der Waals surface area contributed by atoms with Gasteiger partial charge in [0.15, 0.2) is 0 Å². The van der Waals surface area contributed by atoms with Crippen molar-refractivity contribution in [2.75, 3.05) is 13.2 Å². The van der Waals surface area contributed by atoms with Crippen molar-refractivity contribution in [3.05, 3.63) is 30.1 Å². The van der Waals surface area contributed by atoms with E-state index in [9.17, 15) is 9.90 Å². The predicted molar refractivity (Wildman–Crippen MR) is 69.0 cm³/mol. The van der Waals surface area contributed by atoms with Crippen LogP contribution in [0, 0.1) is 0 Å². The zero-order valence-corrected chi connectivity index (χ0v) is 10.6. The third kappa shape index (κ3) is 3.29. The summed E-state index contributed by atoms with van der Waals surface area (Å²) < 4.78 is 0. The molecule has 1 aliphatic rings. The molecule has 2 rings (SSSR count). The summed E-state index contributed by atoms with van der Waals surface area (Å²) in [6.45, 7) is 0.824.